The summed E-state index contributed by atoms with van der Waals surface area (Å²) >= 11 is 1.81. The minimum Gasteiger partial charge on any atom is -0.377 e. The van der Waals surface area contributed by atoms with Crippen LogP contribution in [0, 0.1) is 5.92 Å². The van der Waals surface area contributed by atoms with Crippen LogP contribution in [0.2, 0.25) is 0 Å². The molecule has 1 fully saturated rings. The van der Waals surface area contributed by atoms with E-state index in [-0.39, 0.29) is 0 Å². The maximum absolute atomic E-state index is 6.04. The second-order valence-corrected chi connectivity index (χ2v) is 6.82. The summed E-state index contributed by atoms with van der Waals surface area (Å²) in [6.45, 7) is 6.03. The predicted octanol–water partition coefficient (Wildman–Crippen LogP) is 3.63. The lowest BCUT2D eigenvalue weighted by Crippen LogP contribution is -2.44. The number of nitrogens with zero attached hydrogens (tertiary/aromatic N) is 1. The van der Waals surface area contributed by atoms with E-state index < -0.39 is 0 Å². The molecule has 3 rings (SSSR count). The van der Waals surface area contributed by atoms with Crippen molar-refractivity contribution in [3.63, 3.8) is 0 Å². The fourth-order valence-electron chi connectivity index (χ4n) is 2.96. The molecule has 2 unspecified atom stereocenters. The van der Waals surface area contributed by atoms with E-state index in [1.165, 1.54) is 22.5 Å². The molecule has 1 aliphatic carbocycles. The lowest BCUT2D eigenvalue weighted by Gasteiger charge is -2.27. The van der Waals surface area contributed by atoms with Gasteiger partial charge in [-0.25, -0.2) is 4.98 Å². The first-order valence-electron chi connectivity index (χ1n) is 8.01. The Morgan fingerprint density at radius 1 is 1.33 bits per heavy atom. The van der Waals surface area contributed by atoms with Crippen LogP contribution in [0.5, 0.6) is 0 Å². The average Bonchev–Trinajstić information content (AvgIpc) is 3.24. The van der Waals surface area contributed by atoms with Crippen LogP contribution in [0.25, 0.3) is 10.2 Å². The van der Waals surface area contributed by atoms with Crippen LogP contribution in [0.4, 0.5) is 0 Å². The molecule has 0 radical (unpaired) electrons. The number of rotatable bonds is 8. The van der Waals surface area contributed by atoms with Gasteiger partial charge >= 0.3 is 0 Å². The number of likely N-dealkylation sites (N-methyl/N-ethyl adjacent to an activating group) is 1. The van der Waals surface area contributed by atoms with Gasteiger partial charge in [-0.05, 0) is 44.4 Å². The molecule has 0 bridgehead atoms. The first-order chi connectivity index (χ1) is 10.3. The Balaban J connectivity index is 1.76. The van der Waals surface area contributed by atoms with Gasteiger partial charge in [-0.3, -0.25) is 0 Å². The number of hydrogen-bond acceptors (Lipinski definition) is 4. The molecule has 1 N–H and O–H groups in total. The van der Waals surface area contributed by atoms with E-state index in [1.54, 1.807) is 0 Å². The molecule has 1 saturated carbocycles. The number of benzene rings is 1. The van der Waals surface area contributed by atoms with Gasteiger partial charge in [0, 0.05) is 19.1 Å². The molecule has 1 heterocycles. The normalized spacial score (nSPS) is 18.0. The van der Waals surface area contributed by atoms with Crippen LogP contribution in [-0.2, 0) is 11.2 Å². The summed E-state index contributed by atoms with van der Waals surface area (Å²) in [7, 11) is 0. The van der Waals surface area contributed by atoms with Gasteiger partial charge in [0.05, 0.1) is 21.3 Å². The van der Waals surface area contributed by atoms with Gasteiger partial charge in [-0.15, -0.1) is 11.3 Å². The summed E-state index contributed by atoms with van der Waals surface area (Å²) < 4.78 is 7.32. The van der Waals surface area contributed by atoms with Crippen molar-refractivity contribution in [2.75, 3.05) is 13.2 Å². The van der Waals surface area contributed by atoms with E-state index in [0.717, 1.165) is 31.0 Å². The van der Waals surface area contributed by atoms with Crippen molar-refractivity contribution in [3.05, 3.63) is 29.3 Å². The van der Waals surface area contributed by atoms with Gasteiger partial charge in [0.15, 0.2) is 0 Å². The third-order valence-electron chi connectivity index (χ3n) is 4.04. The minimum absolute atomic E-state index is 0.335. The molecule has 2 atom stereocenters. The molecule has 4 heteroatoms. The summed E-state index contributed by atoms with van der Waals surface area (Å²) in [5, 5.41) is 4.84. The molecule has 114 valence electrons. The van der Waals surface area contributed by atoms with Crippen LogP contribution in [0.3, 0.4) is 0 Å². The number of thiazole rings is 1. The summed E-state index contributed by atoms with van der Waals surface area (Å²) in [4.78, 5) is 4.78. The van der Waals surface area contributed by atoms with E-state index in [1.807, 2.05) is 11.3 Å². The van der Waals surface area contributed by atoms with Gasteiger partial charge in [0.1, 0.15) is 0 Å². The first kappa shape index (κ1) is 14.9. The van der Waals surface area contributed by atoms with E-state index in [0.29, 0.717) is 12.1 Å². The average molecular weight is 304 g/mol. The largest absolute Gasteiger partial charge is 0.377 e. The standard InChI is InChI=1S/C17H24N2OS/c1-3-18-14(17(20-4-2)12-9-10-12)11-16-19-13-7-5-6-8-15(13)21-16/h5-8,12,14,17-18H,3-4,9-11H2,1-2H3. The number of aromatic nitrogens is 1. The van der Waals surface area contributed by atoms with Crippen molar-refractivity contribution in [1.29, 1.82) is 0 Å². The maximum Gasteiger partial charge on any atom is 0.0955 e. The second-order valence-electron chi connectivity index (χ2n) is 5.70. The van der Waals surface area contributed by atoms with Crippen molar-refractivity contribution < 1.29 is 4.74 Å². The van der Waals surface area contributed by atoms with Crippen LogP contribution >= 0.6 is 11.3 Å². The highest BCUT2D eigenvalue weighted by atomic mass is 32.1. The first-order valence-corrected chi connectivity index (χ1v) is 8.83. The zero-order valence-corrected chi connectivity index (χ0v) is 13.7. The SMILES string of the molecule is CCNC(Cc1nc2ccccc2s1)C(OCC)C1CC1. The van der Waals surface area contributed by atoms with Gasteiger partial charge < -0.3 is 10.1 Å². The Bertz CT molecular complexity index is 546. The van der Waals surface area contributed by atoms with Gasteiger partial charge in [0.25, 0.3) is 0 Å². The number of ether oxygens (including phenoxy) is 1. The van der Waals surface area contributed by atoms with Crippen molar-refractivity contribution in [2.24, 2.45) is 5.92 Å². The fourth-order valence-corrected chi connectivity index (χ4v) is 3.99. The van der Waals surface area contributed by atoms with Gasteiger partial charge in [-0.2, -0.15) is 0 Å². The summed E-state index contributed by atoms with van der Waals surface area (Å²) in [6.07, 6.45) is 3.93. The minimum atomic E-state index is 0.335. The summed E-state index contributed by atoms with van der Waals surface area (Å²) in [5.74, 6) is 0.739. The van der Waals surface area contributed by atoms with Crippen molar-refractivity contribution in [3.8, 4) is 0 Å². The zero-order valence-electron chi connectivity index (χ0n) is 12.8. The summed E-state index contributed by atoms with van der Waals surface area (Å²) in [6, 6.07) is 8.76. The molecule has 0 aliphatic heterocycles. The number of hydrogen-bond donors (Lipinski definition) is 1. The molecule has 1 aromatic carbocycles. The molecule has 1 aliphatic rings. The van der Waals surface area contributed by atoms with Crippen molar-refractivity contribution in [2.45, 2.75) is 45.3 Å². The molecular weight excluding hydrogens is 280 g/mol. The van der Waals surface area contributed by atoms with Crippen molar-refractivity contribution in [1.82, 2.24) is 10.3 Å². The van der Waals surface area contributed by atoms with Crippen molar-refractivity contribution >= 4 is 21.6 Å². The number of nitrogens with one attached hydrogen (secondary N) is 1. The van der Waals surface area contributed by atoms with Crippen LogP contribution < -0.4 is 5.32 Å². The van der Waals surface area contributed by atoms with Crippen LogP contribution in [0.1, 0.15) is 31.7 Å². The van der Waals surface area contributed by atoms with E-state index in [9.17, 15) is 0 Å². The Kier molecular flexibility index (Phi) is 4.88. The lowest BCUT2D eigenvalue weighted by atomic mass is 10.0. The molecule has 3 nitrogen and oxygen atoms in total. The smallest absolute Gasteiger partial charge is 0.0955 e. The number of para-hydroxylation sites is 1. The van der Waals surface area contributed by atoms with Crippen LogP contribution in [-0.4, -0.2) is 30.3 Å². The molecule has 0 spiro atoms. The number of fused-ring (bicyclic) bond motifs is 1. The van der Waals surface area contributed by atoms with Gasteiger partial charge in [0.2, 0.25) is 0 Å². The highest BCUT2D eigenvalue weighted by molar-refractivity contribution is 7.18. The highest BCUT2D eigenvalue weighted by Crippen LogP contribution is 2.37. The topological polar surface area (TPSA) is 34.2 Å². The fraction of sp³-hybridized carbons (Fsp3) is 0.588. The molecule has 0 amide bonds. The second kappa shape index (κ2) is 6.86. The Labute approximate surface area is 130 Å². The molecule has 21 heavy (non-hydrogen) atoms. The third kappa shape index (κ3) is 3.62. The zero-order chi connectivity index (χ0) is 14.7. The van der Waals surface area contributed by atoms with E-state index in [2.05, 4.69) is 43.4 Å². The lowest BCUT2D eigenvalue weighted by molar-refractivity contribution is 0.0196. The van der Waals surface area contributed by atoms with E-state index in [4.69, 9.17) is 9.72 Å². The van der Waals surface area contributed by atoms with Crippen LogP contribution in [0.15, 0.2) is 24.3 Å². The molecule has 1 aromatic heterocycles. The Hall–Kier alpha value is -0.970. The third-order valence-corrected chi connectivity index (χ3v) is 5.10. The Morgan fingerprint density at radius 3 is 2.81 bits per heavy atom. The summed E-state index contributed by atoms with van der Waals surface area (Å²) in [5.41, 5.74) is 1.12. The molecular formula is C17H24N2OS. The maximum atomic E-state index is 6.04. The predicted molar refractivity (Wildman–Crippen MR) is 88.9 cm³/mol. The van der Waals surface area contributed by atoms with E-state index >= 15 is 0 Å². The quantitative estimate of drug-likeness (QED) is 0.808. The highest BCUT2D eigenvalue weighted by Gasteiger charge is 2.37. The Morgan fingerprint density at radius 2 is 2.14 bits per heavy atom. The van der Waals surface area contributed by atoms with Gasteiger partial charge in [-0.1, -0.05) is 19.1 Å². The molecule has 2 aromatic rings. The monoisotopic (exact) mass is 304 g/mol. The molecule has 0 saturated heterocycles.